The first-order chi connectivity index (χ1) is 11.5. The fourth-order valence-corrected chi connectivity index (χ4v) is 2.29. The summed E-state index contributed by atoms with van der Waals surface area (Å²) in [6, 6.07) is 9.43. The third-order valence-electron chi connectivity index (χ3n) is 3.54. The summed E-state index contributed by atoms with van der Waals surface area (Å²) in [6.45, 7) is 0.701. The lowest BCUT2D eigenvalue weighted by atomic mass is 10.1. The Morgan fingerprint density at radius 1 is 1.21 bits per heavy atom. The molecule has 1 aromatic heterocycles. The van der Waals surface area contributed by atoms with Crippen LogP contribution in [0.1, 0.15) is 18.4 Å². The maximum Gasteiger partial charge on any atom is 0.315 e. The molecule has 0 aliphatic rings. The molecule has 2 rings (SSSR count). The number of rotatable bonds is 7. The first-order valence-corrected chi connectivity index (χ1v) is 7.77. The van der Waals surface area contributed by atoms with Crippen LogP contribution in [0.15, 0.2) is 30.3 Å². The van der Waals surface area contributed by atoms with Gasteiger partial charge in [-0.3, -0.25) is 4.79 Å². The van der Waals surface area contributed by atoms with E-state index in [1.54, 1.807) is 0 Å². The Balaban J connectivity index is 2.01. The van der Waals surface area contributed by atoms with Gasteiger partial charge in [-0.05, 0) is 24.1 Å². The van der Waals surface area contributed by atoms with E-state index in [1.807, 2.05) is 49.3 Å². The van der Waals surface area contributed by atoms with E-state index in [2.05, 4.69) is 15.6 Å². The number of anilines is 1. The van der Waals surface area contributed by atoms with E-state index in [9.17, 15) is 9.59 Å². The quantitative estimate of drug-likeness (QED) is 0.675. The number of carbonyl (C=O) groups excluding carboxylic acids is 1. The predicted molar refractivity (Wildman–Crippen MR) is 93.2 cm³/mol. The Labute approximate surface area is 140 Å². The van der Waals surface area contributed by atoms with Gasteiger partial charge in [0.15, 0.2) is 0 Å². The lowest BCUT2D eigenvalue weighted by Gasteiger charge is -2.15. The number of carbonyl (C=O) groups is 2. The molecule has 0 spiro atoms. The summed E-state index contributed by atoms with van der Waals surface area (Å²) in [5, 5.41) is 15.0. The van der Waals surface area contributed by atoms with Crippen molar-refractivity contribution in [3.63, 3.8) is 0 Å². The van der Waals surface area contributed by atoms with Gasteiger partial charge >= 0.3 is 12.0 Å². The zero-order chi connectivity index (χ0) is 17.5. The molecule has 7 nitrogen and oxygen atoms in total. The molecule has 128 valence electrons. The van der Waals surface area contributed by atoms with Gasteiger partial charge in [-0.2, -0.15) is 0 Å². The minimum Gasteiger partial charge on any atom is -0.481 e. The molecule has 1 heterocycles. The van der Waals surface area contributed by atoms with Crippen LogP contribution in [0.5, 0.6) is 0 Å². The molecule has 2 aromatic rings. The number of aliphatic carboxylic acids is 1. The maximum absolute atomic E-state index is 11.8. The number of aromatic nitrogens is 1. The van der Waals surface area contributed by atoms with Gasteiger partial charge in [0.2, 0.25) is 0 Å². The number of para-hydroxylation sites is 1. The lowest BCUT2D eigenvalue weighted by Crippen LogP contribution is -2.35. The molecule has 0 unspecified atom stereocenters. The minimum atomic E-state index is -0.864. The summed E-state index contributed by atoms with van der Waals surface area (Å²) in [5.41, 5.74) is 1.85. The fourth-order valence-electron chi connectivity index (χ4n) is 2.29. The molecule has 0 fully saturated rings. The molecule has 1 aromatic carbocycles. The van der Waals surface area contributed by atoms with Crippen molar-refractivity contribution in [2.75, 3.05) is 25.5 Å². The second-order valence-corrected chi connectivity index (χ2v) is 5.66. The standard InChI is InChI=1S/C17H22N4O3/c1-21(2)15-10-12(13-6-3-4-7-14(13)20-15)11-19-17(24)18-9-5-8-16(22)23/h3-4,6-7,10H,5,8-9,11H2,1-2H3,(H,22,23)(H2,18,19,24). The summed E-state index contributed by atoms with van der Waals surface area (Å²) in [4.78, 5) is 28.7. The van der Waals surface area contributed by atoms with E-state index < -0.39 is 5.97 Å². The average Bonchev–Trinajstić information content (AvgIpc) is 2.56. The van der Waals surface area contributed by atoms with Gasteiger partial charge in [0.05, 0.1) is 5.52 Å². The zero-order valence-corrected chi connectivity index (χ0v) is 13.9. The van der Waals surface area contributed by atoms with Gasteiger partial charge in [0, 0.05) is 39.0 Å². The van der Waals surface area contributed by atoms with Gasteiger partial charge in [0.25, 0.3) is 0 Å². The highest BCUT2D eigenvalue weighted by molar-refractivity contribution is 5.84. The molecule has 24 heavy (non-hydrogen) atoms. The van der Waals surface area contributed by atoms with Crippen LogP contribution in [0.4, 0.5) is 10.6 Å². The first-order valence-electron chi connectivity index (χ1n) is 7.77. The van der Waals surface area contributed by atoms with Crippen molar-refractivity contribution in [3.05, 3.63) is 35.9 Å². The number of hydrogen-bond acceptors (Lipinski definition) is 4. The largest absolute Gasteiger partial charge is 0.481 e. The molecule has 2 amide bonds. The van der Waals surface area contributed by atoms with E-state index in [0.717, 1.165) is 22.3 Å². The summed E-state index contributed by atoms with van der Waals surface area (Å²) >= 11 is 0. The SMILES string of the molecule is CN(C)c1cc(CNC(=O)NCCCC(=O)O)c2ccccc2n1. The predicted octanol–water partition coefficient (Wildman–Crippen LogP) is 1.96. The van der Waals surface area contributed by atoms with E-state index in [-0.39, 0.29) is 12.5 Å². The number of fused-ring (bicyclic) bond motifs is 1. The molecule has 0 saturated heterocycles. The molecule has 0 aliphatic carbocycles. The summed E-state index contributed by atoms with van der Waals surface area (Å²) in [5.74, 6) is -0.0379. The minimum absolute atomic E-state index is 0.0431. The maximum atomic E-state index is 11.8. The van der Waals surface area contributed by atoms with Crippen LogP contribution in [0.2, 0.25) is 0 Å². The molecule has 3 N–H and O–H groups in total. The Kier molecular flexibility index (Phi) is 5.95. The summed E-state index contributed by atoms with van der Waals surface area (Å²) in [6.07, 6.45) is 0.452. The lowest BCUT2D eigenvalue weighted by molar-refractivity contribution is -0.137. The molecule has 7 heteroatoms. The monoisotopic (exact) mass is 330 g/mol. The van der Waals surface area contributed by atoms with Crippen LogP contribution in [-0.2, 0) is 11.3 Å². The highest BCUT2D eigenvalue weighted by atomic mass is 16.4. The van der Waals surface area contributed by atoms with Crippen molar-refractivity contribution in [1.29, 1.82) is 0 Å². The molecule has 0 atom stereocenters. The summed E-state index contributed by atoms with van der Waals surface area (Å²) < 4.78 is 0. The number of carboxylic acid groups (broad SMARTS) is 1. The number of urea groups is 1. The van der Waals surface area contributed by atoms with Crippen molar-refractivity contribution in [3.8, 4) is 0 Å². The van der Waals surface area contributed by atoms with Crippen molar-refractivity contribution in [2.24, 2.45) is 0 Å². The zero-order valence-electron chi connectivity index (χ0n) is 13.9. The van der Waals surface area contributed by atoms with Crippen molar-refractivity contribution >= 4 is 28.7 Å². The van der Waals surface area contributed by atoms with Crippen LogP contribution in [0.3, 0.4) is 0 Å². The van der Waals surface area contributed by atoms with Crippen molar-refractivity contribution in [2.45, 2.75) is 19.4 Å². The van der Waals surface area contributed by atoms with Crippen LogP contribution < -0.4 is 15.5 Å². The Bertz CT molecular complexity index is 731. The molecule has 0 saturated carbocycles. The fraction of sp³-hybridized carbons (Fsp3) is 0.353. The molecular formula is C17H22N4O3. The highest BCUT2D eigenvalue weighted by Gasteiger charge is 2.08. The number of nitrogens with zero attached hydrogens (tertiary/aromatic N) is 2. The number of hydrogen-bond donors (Lipinski definition) is 3. The van der Waals surface area contributed by atoms with E-state index in [4.69, 9.17) is 5.11 Å². The number of amides is 2. The van der Waals surface area contributed by atoms with Crippen LogP contribution >= 0.6 is 0 Å². The van der Waals surface area contributed by atoms with E-state index >= 15 is 0 Å². The number of benzene rings is 1. The number of pyridine rings is 1. The highest BCUT2D eigenvalue weighted by Crippen LogP contribution is 2.21. The van der Waals surface area contributed by atoms with Gasteiger partial charge in [0.1, 0.15) is 5.82 Å². The van der Waals surface area contributed by atoms with E-state index in [1.165, 1.54) is 0 Å². The van der Waals surface area contributed by atoms with Crippen molar-refractivity contribution < 1.29 is 14.7 Å². The second kappa shape index (κ2) is 8.14. The van der Waals surface area contributed by atoms with Gasteiger partial charge < -0.3 is 20.6 Å². The smallest absolute Gasteiger partial charge is 0.315 e. The van der Waals surface area contributed by atoms with Gasteiger partial charge in [-0.1, -0.05) is 18.2 Å². The van der Waals surface area contributed by atoms with Gasteiger partial charge in [-0.25, -0.2) is 9.78 Å². The first kappa shape index (κ1) is 17.5. The average molecular weight is 330 g/mol. The normalized spacial score (nSPS) is 10.4. The Morgan fingerprint density at radius 3 is 2.67 bits per heavy atom. The Hall–Kier alpha value is -2.83. The summed E-state index contributed by atoms with van der Waals surface area (Å²) in [7, 11) is 3.84. The molecule has 0 bridgehead atoms. The number of carboxylic acids is 1. The van der Waals surface area contributed by atoms with Crippen LogP contribution in [-0.4, -0.2) is 42.7 Å². The molecular weight excluding hydrogens is 308 g/mol. The van der Waals surface area contributed by atoms with Crippen LogP contribution in [0, 0.1) is 0 Å². The van der Waals surface area contributed by atoms with Crippen LogP contribution in [0.25, 0.3) is 10.9 Å². The Morgan fingerprint density at radius 2 is 1.96 bits per heavy atom. The topological polar surface area (TPSA) is 94.6 Å². The van der Waals surface area contributed by atoms with E-state index in [0.29, 0.717) is 19.5 Å². The second-order valence-electron chi connectivity index (χ2n) is 5.66. The molecule has 0 radical (unpaired) electrons. The van der Waals surface area contributed by atoms with Gasteiger partial charge in [-0.15, -0.1) is 0 Å². The third-order valence-corrected chi connectivity index (χ3v) is 3.54. The number of nitrogens with one attached hydrogen (secondary N) is 2. The third kappa shape index (κ3) is 4.84. The van der Waals surface area contributed by atoms with Crippen molar-refractivity contribution in [1.82, 2.24) is 15.6 Å². The molecule has 0 aliphatic heterocycles.